The average molecular weight is 348 g/mol. The van der Waals surface area contributed by atoms with Crippen LogP contribution >= 0.6 is 0 Å². The van der Waals surface area contributed by atoms with Gasteiger partial charge in [0.25, 0.3) is 0 Å². The van der Waals surface area contributed by atoms with Crippen molar-refractivity contribution in [2.45, 2.75) is 31.3 Å². The predicted molar refractivity (Wildman–Crippen MR) is 102 cm³/mol. The molecule has 5 nitrogen and oxygen atoms in total. The lowest BCUT2D eigenvalue weighted by Gasteiger charge is -2.20. The van der Waals surface area contributed by atoms with Gasteiger partial charge in [-0.25, -0.2) is 0 Å². The van der Waals surface area contributed by atoms with Gasteiger partial charge in [0, 0.05) is 12.6 Å². The Balaban J connectivity index is 1.61. The van der Waals surface area contributed by atoms with Crippen LogP contribution in [-0.4, -0.2) is 31.1 Å². The van der Waals surface area contributed by atoms with E-state index in [4.69, 9.17) is 11.0 Å². The van der Waals surface area contributed by atoms with Gasteiger partial charge in [-0.15, -0.1) is 0 Å². The van der Waals surface area contributed by atoms with Gasteiger partial charge in [0.05, 0.1) is 17.7 Å². The van der Waals surface area contributed by atoms with Crippen molar-refractivity contribution in [2.75, 3.05) is 13.1 Å². The zero-order valence-corrected chi connectivity index (χ0v) is 14.7. The summed E-state index contributed by atoms with van der Waals surface area (Å²) in [7, 11) is 0. The van der Waals surface area contributed by atoms with Crippen LogP contribution in [0.25, 0.3) is 11.1 Å². The number of nitrogens with zero attached hydrogens (tertiary/aromatic N) is 1. The molecule has 1 aliphatic rings. The molecule has 5 heteroatoms. The van der Waals surface area contributed by atoms with Gasteiger partial charge in [0.1, 0.15) is 0 Å². The maximum Gasteiger partial charge on any atom is 0.237 e. The van der Waals surface area contributed by atoms with E-state index in [1.807, 2.05) is 24.3 Å². The Morgan fingerprint density at radius 2 is 1.85 bits per heavy atom. The third-order valence-electron chi connectivity index (χ3n) is 4.79. The standard InChI is InChI=1S/C21H24N4O/c22-13-16-5-9-18(10-6-16)17-7-3-15(4-8-17)12-19(14-23)25-21(26)20-2-1-11-24-20/h3-10,19-20,24H,1-2,11-12,14,23H2,(H,25,26)/t19-,20-/m0/s1. The monoisotopic (exact) mass is 348 g/mol. The predicted octanol–water partition coefficient (Wildman–Crippen LogP) is 1.96. The van der Waals surface area contributed by atoms with Crippen LogP contribution in [0, 0.1) is 11.3 Å². The van der Waals surface area contributed by atoms with E-state index in [9.17, 15) is 4.79 Å². The number of hydrogen-bond donors (Lipinski definition) is 3. The second-order valence-corrected chi connectivity index (χ2v) is 6.68. The average Bonchev–Trinajstić information content (AvgIpc) is 3.23. The quantitative estimate of drug-likeness (QED) is 0.744. The molecule has 2 atom stereocenters. The Kier molecular flexibility index (Phi) is 6.00. The lowest BCUT2D eigenvalue weighted by atomic mass is 10.00. The minimum absolute atomic E-state index is 0.0483. The second-order valence-electron chi connectivity index (χ2n) is 6.68. The molecule has 0 radical (unpaired) electrons. The molecule has 0 saturated carbocycles. The first-order valence-corrected chi connectivity index (χ1v) is 9.03. The summed E-state index contributed by atoms with van der Waals surface area (Å²) in [6.45, 7) is 1.32. The van der Waals surface area contributed by atoms with Crippen molar-refractivity contribution in [2.24, 2.45) is 5.73 Å². The van der Waals surface area contributed by atoms with Gasteiger partial charge in [0.2, 0.25) is 5.91 Å². The lowest BCUT2D eigenvalue weighted by molar-refractivity contribution is -0.123. The van der Waals surface area contributed by atoms with Crippen molar-refractivity contribution in [1.82, 2.24) is 10.6 Å². The zero-order chi connectivity index (χ0) is 18.4. The summed E-state index contributed by atoms with van der Waals surface area (Å²) < 4.78 is 0. The summed E-state index contributed by atoms with van der Waals surface area (Å²) in [5.74, 6) is 0.0483. The highest BCUT2D eigenvalue weighted by Crippen LogP contribution is 2.20. The van der Waals surface area contributed by atoms with E-state index in [2.05, 4.69) is 41.0 Å². The molecule has 1 amide bonds. The number of nitrogens with one attached hydrogen (secondary N) is 2. The van der Waals surface area contributed by atoms with Gasteiger partial charge in [-0.3, -0.25) is 4.79 Å². The minimum atomic E-state index is -0.0807. The van der Waals surface area contributed by atoms with Crippen LogP contribution in [0.4, 0.5) is 0 Å². The van der Waals surface area contributed by atoms with Gasteiger partial charge >= 0.3 is 0 Å². The van der Waals surface area contributed by atoms with Crippen LogP contribution in [0.1, 0.15) is 24.0 Å². The van der Waals surface area contributed by atoms with E-state index in [0.29, 0.717) is 18.5 Å². The first kappa shape index (κ1) is 18.1. The van der Waals surface area contributed by atoms with Crippen LogP contribution < -0.4 is 16.4 Å². The molecule has 4 N–H and O–H groups in total. The third kappa shape index (κ3) is 4.48. The Morgan fingerprint density at radius 3 is 2.38 bits per heavy atom. The Hall–Kier alpha value is -2.68. The molecule has 0 unspecified atom stereocenters. The number of rotatable bonds is 6. The molecule has 1 fully saturated rings. The molecule has 2 aromatic rings. The van der Waals surface area contributed by atoms with E-state index in [0.717, 1.165) is 36.1 Å². The summed E-state index contributed by atoms with van der Waals surface area (Å²) >= 11 is 0. The third-order valence-corrected chi connectivity index (χ3v) is 4.79. The number of hydrogen-bond acceptors (Lipinski definition) is 4. The van der Waals surface area contributed by atoms with Gasteiger partial charge in [-0.2, -0.15) is 5.26 Å². The SMILES string of the molecule is N#Cc1ccc(-c2ccc(C[C@@H](CN)NC(=O)[C@@H]3CCCN3)cc2)cc1. The van der Waals surface area contributed by atoms with Crippen LogP contribution in [0.5, 0.6) is 0 Å². The molecule has 0 aromatic heterocycles. The summed E-state index contributed by atoms with van der Waals surface area (Å²) in [4.78, 5) is 12.2. The number of carbonyl (C=O) groups excluding carboxylic acids is 1. The first-order valence-electron chi connectivity index (χ1n) is 9.03. The number of amides is 1. The van der Waals surface area contributed by atoms with Crippen LogP contribution in [0.15, 0.2) is 48.5 Å². The lowest BCUT2D eigenvalue weighted by Crippen LogP contribution is -2.48. The highest BCUT2D eigenvalue weighted by atomic mass is 16.2. The normalized spacial score (nSPS) is 17.5. The smallest absolute Gasteiger partial charge is 0.237 e. The zero-order valence-electron chi connectivity index (χ0n) is 14.7. The van der Waals surface area contributed by atoms with E-state index < -0.39 is 0 Å². The largest absolute Gasteiger partial charge is 0.350 e. The van der Waals surface area contributed by atoms with Crippen molar-refractivity contribution in [3.8, 4) is 17.2 Å². The fourth-order valence-electron chi connectivity index (χ4n) is 3.26. The molecule has 3 rings (SSSR count). The number of nitriles is 1. The van der Waals surface area contributed by atoms with Crippen molar-refractivity contribution in [1.29, 1.82) is 5.26 Å². The Labute approximate surface area is 154 Å². The van der Waals surface area contributed by atoms with Gasteiger partial charge in [-0.05, 0) is 54.6 Å². The first-order chi connectivity index (χ1) is 12.7. The molecule has 0 aliphatic carbocycles. The van der Waals surface area contributed by atoms with Gasteiger partial charge in [-0.1, -0.05) is 36.4 Å². The highest BCUT2D eigenvalue weighted by Gasteiger charge is 2.23. The summed E-state index contributed by atoms with van der Waals surface area (Å²) in [5, 5.41) is 15.1. The summed E-state index contributed by atoms with van der Waals surface area (Å²) in [6.07, 6.45) is 2.65. The van der Waals surface area contributed by atoms with Crippen LogP contribution in [0.2, 0.25) is 0 Å². The molecule has 26 heavy (non-hydrogen) atoms. The van der Waals surface area contributed by atoms with Crippen LogP contribution in [0.3, 0.4) is 0 Å². The fourth-order valence-corrected chi connectivity index (χ4v) is 3.26. The van der Waals surface area contributed by atoms with E-state index in [1.165, 1.54) is 0 Å². The van der Waals surface area contributed by atoms with Crippen molar-refractivity contribution >= 4 is 5.91 Å². The molecule has 2 aromatic carbocycles. The van der Waals surface area contributed by atoms with Gasteiger partial charge < -0.3 is 16.4 Å². The fraction of sp³-hybridized carbons (Fsp3) is 0.333. The molecule has 0 spiro atoms. The summed E-state index contributed by atoms with van der Waals surface area (Å²) in [5.41, 5.74) is 9.82. The molecule has 134 valence electrons. The van der Waals surface area contributed by atoms with Crippen molar-refractivity contribution in [3.63, 3.8) is 0 Å². The van der Waals surface area contributed by atoms with E-state index in [-0.39, 0.29) is 18.0 Å². The molecule has 1 heterocycles. The van der Waals surface area contributed by atoms with E-state index in [1.54, 1.807) is 0 Å². The molecule has 1 saturated heterocycles. The number of nitrogens with two attached hydrogens (primary N) is 1. The van der Waals surface area contributed by atoms with E-state index >= 15 is 0 Å². The Bertz CT molecular complexity index is 771. The molecule has 0 bridgehead atoms. The Morgan fingerprint density at radius 1 is 1.19 bits per heavy atom. The molecular formula is C21H24N4O. The van der Waals surface area contributed by atoms with Crippen molar-refractivity contribution < 1.29 is 4.79 Å². The second kappa shape index (κ2) is 8.61. The maximum absolute atomic E-state index is 12.2. The van der Waals surface area contributed by atoms with Crippen LogP contribution in [-0.2, 0) is 11.2 Å². The molecule has 1 aliphatic heterocycles. The topological polar surface area (TPSA) is 90.9 Å². The van der Waals surface area contributed by atoms with Crippen molar-refractivity contribution in [3.05, 3.63) is 59.7 Å². The highest BCUT2D eigenvalue weighted by molar-refractivity contribution is 5.82. The minimum Gasteiger partial charge on any atom is -0.350 e. The number of carbonyl (C=O) groups is 1. The summed E-state index contributed by atoms with van der Waals surface area (Å²) in [6, 6.07) is 17.8. The van der Waals surface area contributed by atoms with Gasteiger partial charge in [0.15, 0.2) is 0 Å². The molecular weight excluding hydrogens is 324 g/mol. The number of benzene rings is 2. The maximum atomic E-state index is 12.2.